The third-order valence-electron chi connectivity index (χ3n) is 3.76. The van der Waals surface area contributed by atoms with Gasteiger partial charge >= 0.3 is 0 Å². The van der Waals surface area contributed by atoms with Crippen molar-refractivity contribution in [2.24, 2.45) is 0 Å². The van der Waals surface area contributed by atoms with Crippen molar-refractivity contribution >= 4 is 23.4 Å². The van der Waals surface area contributed by atoms with Crippen molar-refractivity contribution in [1.82, 2.24) is 14.9 Å². The molecule has 0 radical (unpaired) electrons. The second-order valence-electron chi connectivity index (χ2n) is 5.98. The highest BCUT2D eigenvalue weighted by atomic mass is 32.2. The number of benzene rings is 1. The molecule has 1 aromatic heterocycles. The van der Waals surface area contributed by atoms with Crippen LogP contribution in [-0.2, 0) is 11.2 Å². The Labute approximate surface area is 147 Å². The summed E-state index contributed by atoms with van der Waals surface area (Å²) in [6, 6.07) is 4.12. The average Bonchev–Trinajstić information content (AvgIpc) is 2.87. The summed E-state index contributed by atoms with van der Waals surface area (Å²) in [7, 11) is 0. The van der Waals surface area contributed by atoms with Crippen molar-refractivity contribution in [2.45, 2.75) is 52.1 Å². The van der Waals surface area contributed by atoms with Gasteiger partial charge in [0.15, 0.2) is 5.82 Å². The molecule has 0 saturated carbocycles. The molecule has 2 aromatic rings. The zero-order valence-corrected chi connectivity index (χ0v) is 15.5. The summed E-state index contributed by atoms with van der Waals surface area (Å²) in [5, 5.41) is 11.7. The van der Waals surface area contributed by atoms with E-state index in [1.807, 2.05) is 20.8 Å². The number of nitrogens with one attached hydrogen (secondary N) is 1. The normalized spacial score (nSPS) is 10.8. The van der Waals surface area contributed by atoms with Crippen LogP contribution in [-0.4, -0.2) is 26.5 Å². The van der Waals surface area contributed by atoms with E-state index in [1.165, 1.54) is 22.0 Å². The number of nitrogen functional groups attached to an aromatic ring is 1. The highest BCUT2D eigenvalue weighted by Gasteiger charge is 2.13. The smallest absolute Gasteiger partial charge is 0.234 e. The van der Waals surface area contributed by atoms with E-state index in [-0.39, 0.29) is 11.7 Å². The first kappa shape index (κ1) is 18.3. The third-order valence-corrected chi connectivity index (χ3v) is 4.71. The number of hydrogen-bond donors (Lipinski definition) is 2. The van der Waals surface area contributed by atoms with Crippen LogP contribution in [0.2, 0.25) is 0 Å². The van der Waals surface area contributed by atoms with Crippen molar-refractivity contribution in [3.8, 4) is 0 Å². The standard InChI is InChI=1S/C17H25N5OS/c1-5-6-7-14-20-21-17(22(14)18)24-10-15(23)19-16-12(3)8-11(2)9-13(16)4/h8-9H,5-7,10,18H2,1-4H3,(H,19,23). The minimum atomic E-state index is -0.0758. The fourth-order valence-corrected chi connectivity index (χ4v) is 3.27. The Morgan fingerprint density at radius 3 is 2.54 bits per heavy atom. The topological polar surface area (TPSA) is 85.8 Å². The number of rotatable bonds is 7. The van der Waals surface area contributed by atoms with Crippen LogP contribution in [0.1, 0.15) is 42.3 Å². The molecule has 1 aromatic carbocycles. The van der Waals surface area contributed by atoms with E-state index in [1.54, 1.807) is 0 Å². The van der Waals surface area contributed by atoms with Crippen molar-refractivity contribution in [2.75, 3.05) is 16.9 Å². The maximum atomic E-state index is 12.2. The minimum absolute atomic E-state index is 0.0758. The van der Waals surface area contributed by atoms with Crippen molar-refractivity contribution < 1.29 is 4.79 Å². The SMILES string of the molecule is CCCCc1nnc(SCC(=O)Nc2c(C)cc(C)cc2C)n1N. The van der Waals surface area contributed by atoms with Gasteiger partial charge in [0.2, 0.25) is 11.1 Å². The summed E-state index contributed by atoms with van der Waals surface area (Å²) in [5.74, 6) is 6.91. The first-order valence-electron chi connectivity index (χ1n) is 8.12. The summed E-state index contributed by atoms with van der Waals surface area (Å²) < 4.78 is 1.48. The fourth-order valence-electron chi connectivity index (χ4n) is 2.59. The fraction of sp³-hybridized carbons (Fsp3) is 0.471. The molecule has 0 spiro atoms. The predicted octanol–water partition coefficient (Wildman–Crippen LogP) is 2.99. The summed E-state index contributed by atoms with van der Waals surface area (Å²) in [6.45, 7) is 8.16. The van der Waals surface area contributed by atoms with Crippen LogP contribution >= 0.6 is 11.8 Å². The number of nitrogens with zero attached hydrogens (tertiary/aromatic N) is 3. The van der Waals surface area contributed by atoms with Gasteiger partial charge in [-0.2, -0.15) is 0 Å². The van der Waals surface area contributed by atoms with Crippen molar-refractivity contribution in [3.05, 3.63) is 34.6 Å². The van der Waals surface area contributed by atoms with Crippen molar-refractivity contribution in [3.63, 3.8) is 0 Å². The lowest BCUT2D eigenvalue weighted by Gasteiger charge is -2.12. The van der Waals surface area contributed by atoms with Crippen LogP contribution in [0.15, 0.2) is 17.3 Å². The van der Waals surface area contributed by atoms with Crippen molar-refractivity contribution in [1.29, 1.82) is 0 Å². The third kappa shape index (κ3) is 4.50. The number of unbranched alkanes of at least 4 members (excludes halogenated alkanes) is 1. The van der Waals surface area contributed by atoms with Gasteiger partial charge in [0.05, 0.1) is 5.75 Å². The van der Waals surface area contributed by atoms with Gasteiger partial charge in [0.1, 0.15) is 0 Å². The molecule has 7 heteroatoms. The Morgan fingerprint density at radius 1 is 1.25 bits per heavy atom. The lowest BCUT2D eigenvalue weighted by Crippen LogP contribution is -2.18. The van der Waals surface area contributed by atoms with E-state index in [2.05, 4.69) is 34.6 Å². The second kappa shape index (κ2) is 8.19. The first-order valence-corrected chi connectivity index (χ1v) is 9.10. The lowest BCUT2D eigenvalue weighted by molar-refractivity contribution is -0.113. The van der Waals surface area contributed by atoms with Gasteiger partial charge in [0, 0.05) is 12.1 Å². The lowest BCUT2D eigenvalue weighted by atomic mass is 10.1. The number of anilines is 1. The van der Waals surface area contributed by atoms with E-state index >= 15 is 0 Å². The number of carbonyl (C=O) groups is 1. The largest absolute Gasteiger partial charge is 0.336 e. The molecule has 0 atom stereocenters. The van der Waals surface area contributed by atoms with E-state index in [0.717, 1.165) is 41.9 Å². The van der Waals surface area contributed by atoms with Gasteiger partial charge in [-0.3, -0.25) is 4.79 Å². The predicted molar refractivity (Wildman–Crippen MR) is 98.8 cm³/mol. The Morgan fingerprint density at radius 2 is 1.92 bits per heavy atom. The molecule has 0 fully saturated rings. The minimum Gasteiger partial charge on any atom is -0.336 e. The highest BCUT2D eigenvalue weighted by molar-refractivity contribution is 7.99. The Balaban J connectivity index is 1.96. The monoisotopic (exact) mass is 347 g/mol. The number of nitrogens with two attached hydrogens (primary N) is 1. The van der Waals surface area contributed by atoms with Crippen LogP contribution in [0.3, 0.4) is 0 Å². The number of thioether (sulfide) groups is 1. The molecule has 0 bridgehead atoms. The number of hydrogen-bond acceptors (Lipinski definition) is 5. The van der Waals surface area contributed by atoms with Crippen LogP contribution in [0, 0.1) is 20.8 Å². The Bertz CT molecular complexity index is 703. The first-order chi connectivity index (χ1) is 11.4. The number of amides is 1. The van der Waals surface area contributed by atoms with Gasteiger partial charge in [-0.1, -0.05) is 42.8 Å². The number of aryl methyl sites for hydroxylation is 4. The molecule has 1 heterocycles. The molecule has 0 saturated heterocycles. The summed E-state index contributed by atoms with van der Waals surface area (Å²) >= 11 is 1.30. The van der Waals surface area contributed by atoms with Gasteiger partial charge in [-0.15, -0.1) is 10.2 Å². The van der Waals surface area contributed by atoms with E-state index < -0.39 is 0 Å². The average molecular weight is 347 g/mol. The Kier molecular flexibility index (Phi) is 6.25. The number of aromatic nitrogens is 3. The van der Waals surface area contributed by atoms with Crippen LogP contribution in [0.5, 0.6) is 0 Å². The van der Waals surface area contributed by atoms with E-state index in [0.29, 0.717) is 5.16 Å². The van der Waals surface area contributed by atoms with Gasteiger partial charge in [-0.25, -0.2) is 4.68 Å². The molecule has 6 nitrogen and oxygen atoms in total. The number of carbonyl (C=O) groups excluding carboxylic acids is 1. The molecule has 2 rings (SSSR count). The maximum Gasteiger partial charge on any atom is 0.234 e. The van der Waals surface area contributed by atoms with Crippen LogP contribution in [0.25, 0.3) is 0 Å². The Hall–Kier alpha value is -2.02. The summed E-state index contributed by atoms with van der Waals surface area (Å²) in [4.78, 5) is 12.2. The molecular formula is C17H25N5OS. The van der Waals surface area contributed by atoms with Gasteiger partial charge < -0.3 is 11.2 Å². The highest BCUT2D eigenvalue weighted by Crippen LogP contribution is 2.23. The molecule has 1 amide bonds. The zero-order valence-electron chi connectivity index (χ0n) is 14.7. The zero-order chi connectivity index (χ0) is 17.7. The summed E-state index contributed by atoms with van der Waals surface area (Å²) in [5.41, 5.74) is 4.20. The van der Waals surface area contributed by atoms with Gasteiger partial charge in [0.25, 0.3) is 0 Å². The molecule has 0 unspecified atom stereocenters. The molecule has 0 aliphatic heterocycles. The molecule has 130 valence electrons. The van der Waals surface area contributed by atoms with Crippen LogP contribution < -0.4 is 11.2 Å². The maximum absolute atomic E-state index is 12.2. The second-order valence-corrected chi connectivity index (χ2v) is 6.93. The quantitative estimate of drug-likeness (QED) is 0.594. The van der Waals surface area contributed by atoms with E-state index in [4.69, 9.17) is 5.84 Å². The molecule has 3 N–H and O–H groups in total. The molecule has 0 aliphatic carbocycles. The van der Waals surface area contributed by atoms with Gasteiger partial charge in [-0.05, 0) is 38.3 Å². The summed E-state index contributed by atoms with van der Waals surface area (Å²) in [6.07, 6.45) is 2.90. The molecule has 0 aliphatic rings. The van der Waals surface area contributed by atoms with E-state index in [9.17, 15) is 4.79 Å². The van der Waals surface area contributed by atoms with Crippen LogP contribution in [0.4, 0.5) is 5.69 Å². The molecule has 24 heavy (non-hydrogen) atoms. The molecular weight excluding hydrogens is 322 g/mol.